The Morgan fingerprint density at radius 2 is 1.50 bits per heavy atom. The summed E-state index contributed by atoms with van der Waals surface area (Å²) in [7, 11) is 0. The van der Waals surface area contributed by atoms with Crippen molar-refractivity contribution in [2.45, 2.75) is 60.0 Å². The second-order valence-corrected chi connectivity index (χ2v) is 5.18. The van der Waals surface area contributed by atoms with Gasteiger partial charge < -0.3 is 5.32 Å². The first-order valence-electron chi connectivity index (χ1n) is 5.53. The summed E-state index contributed by atoms with van der Waals surface area (Å²) in [4.78, 5) is 12.1. The number of rotatable bonds is 5. The van der Waals surface area contributed by atoms with Crippen molar-refractivity contribution in [2.75, 3.05) is 0 Å². The van der Waals surface area contributed by atoms with E-state index in [1.54, 1.807) is 0 Å². The minimum Gasteiger partial charge on any atom is -0.303 e. The minimum atomic E-state index is -0.387. The molecule has 0 rings (SSSR count). The van der Waals surface area contributed by atoms with Crippen LogP contribution in [-0.4, -0.2) is 17.4 Å². The standard InChI is InChI=1S/C12H25NO/c1-8(2)11(14)12(7,9(3)4)13-10(5)6/h8-10,13H,1-7H3. The van der Waals surface area contributed by atoms with Gasteiger partial charge in [0.2, 0.25) is 0 Å². The van der Waals surface area contributed by atoms with E-state index in [1.807, 2.05) is 20.8 Å². The summed E-state index contributed by atoms with van der Waals surface area (Å²) in [6, 6.07) is 0.338. The molecule has 0 spiro atoms. The van der Waals surface area contributed by atoms with Crippen LogP contribution >= 0.6 is 0 Å². The van der Waals surface area contributed by atoms with Crippen molar-refractivity contribution in [3.05, 3.63) is 0 Å². The second-order valence-electron chi connectivity index (χ2n) is 5.18. The van der Waals surface area contributed by atoms with Crippen molar-refractivity contribution < 1.29 is 4.79 Å². The molecule has 0 amide bonds. The summed E-state index contributed by atoms with van der Waals surface area (Å²) in [5.41, 5.74) is -0.387. The third kappa shape index (κ3) is 3.09. The Morgan fingerprint density at radius 3 is 1.71 bits per heavy atom. The third-order valence-electron chi connectivity index (χ3n) is 2.78. The average molecular weight is 199 g/mol. The van der Waals surface area contributed by atoms with Crippen LogP contribution in [0.2, 0.25) is 0 Å². The van der Waals surface area contributed by atoms with Crippen LogP contribution in [0.25, 0.3) is 0 Å². The van der Waals surface area contributed by atoms with Crippen molar-refractivity contribution in [2.24, 2.45) is 11.8 Å². The van der Waals surface area contributed by atoms with Crippen LogP contribution in [0.1, 0.15) is 48.5 Å². The van der Waals surface area contributed by atoms with Gasteiger partial charge >= 0.3 is 0 Å². The van der Waals surface area contributed by atoms with Crippen molar-refractivity contribution in [3.63, 3.8) is 0 Å². The highest BCUT2D eigenvalue weighted by molar-refractivity contribution is 5.89. The van der Waals surface area contributed by atoms with Gasteiger partial charge in [0.25, 0.3) is 0 Å². The Kier molecular flexibility index (Phi) is 4.79. The van der Waals surface area contributed by atoms with Gasteiger partial charge in [0.15, 0.2) is 5.78 Å². The maximum Gasteiger partial charge on any atom is 0.155 e. The highest BCUT2D eigenvalue weighted by Gasteiger charge is 2.37. The summed E-state index contributed by atoms with van der Waals surface area (Å²) in [6.07, 6.45) is 0. The van der Waals surface area contributed by atoms with Crippen LogP contribution in [0.3, 0.4) is 0 Å². The van der Waals surface area contributed by atoms with Gasteiger partial charge in [-0.25, -0.2) is 0 Å². The lowest BCUT2D eigenvalue weighted by Gasteiger charge is -2.36. The minimum absolute atomic E-state index is 0.0913. The average Bonchev–Trinajstić information content (AvgIpc) is 2.00. The molecule has 14 heavy (non-hydrogen) atoms. The summed E-state index contributed by atoms with van der Waals surface area (Å²) < 4.78 is 0. The zero-order chi connectivity index (χ0) is 11.5. The normalized spacial score (nSPS) is 16.4. The molecule has 0 saturated heterocycles. The fourth-order valence-corrected chi connectivity index (χ4v) is 1.72. The molecule has 1 N–H and O–H groups in total. The lowest BCUT2D eigenvalue weighted by Crippen LogP contribution is -2.57. The molecule has 0 heterocycles. The van der Waals surface area contributed by atoms with E-state index in [0.717, 1.165) is 0 Å². The maximum absolute atomic E-state index is 12.1. The number of Topliss-reactive ketones (excluding diaryl/α,β-unsaturated/α-hetero) is 1. The van der Waals surface area contributed by atoms with Gasteiger partial charge in [-0.1, -0.05) is 27.7 Å². The first-order chi connectivity index (χ1) is 6.21. The van der Waals surface area contributed by atoms with Crippen molar-refractivity contribution >= 4 is 5.78 Å². The molecule has 2 heteroatoms. The molecule has 0 aromatic heterocycles. The topological polar surface area (TPSA) is 29.1 Å². The molecule has 0 aromatic rings. The molecule has 2 nitrogen and oxygen atoms in total. The lowest BCUT2D eigenvalue weighted by atomic mass is 9.79. The molecule has 0 aliphatic rings. The quantitative estimate of drug-likeness (QED) is 0.737. The first kappa shape index (κ1) is 13.6. The molecule has 84 valence electrons. The molecule has 0 aliphatic heterocycles. The number of hydrogen-bond donors (Lipinski definition) is 1. The van der Waals surface area contributed by atoms with Crippen LogP contribution in [0.15, 0.2) is 0 Å². The van der Waals surface area contributed by atoms with Gasteiger partial charge in [0.05, 0.1) is 5.54 Å². The Bertz CT molecular complexity index is 196. The molecule has 0 saturated carbocycles. The monoisotopic (exact) mass is 199 g/mol. The van der Waals surface area contributed by atoms with Gasteiger partial charge in [-0.2, -0.15) is 0 Å². The predicted molar refractivity (Wildman–Crippen MR) is 61.4 cm³/mol. The van der Waals surface area contributed by atoms with E-state index in [2.05, 4.69) is 33.0 Å². The fourth-order valence-electron chi connectivity index (χ4n) is 1.72. The Morgan fingerprint density at radius 1 is 1.07 bits per heavy atom. The van der Waals surface area contributed by atoms with E-state index in [1.165, 1.54) is 0 Å². The van der Waals surface area contributed by atoms with Crippen molar-refractivity contribution in [1.82, 2.24) is 5.32 Å². The van der Waals surface area contributed by atoms with E-state index in [0.29, 0.717) is 17.7 Å². The zero-order valence-electron chi connectivity index (χ0n) is 10.6. The summed E-state index contributed by atoms with van der Waals surface area (Å²) in [5.74, 6) is 0.717. The van der Waals surface area contributed by atoms with Gasteiger partial charge in [0.1, 0.15) is 0 Å². The second kappa shape index (κ2) is 4.92. The smallest absolute Gasteiger partial charge is 0.155 e. The van der Waals surface area contributed by atoms with Gasteiger partial charge in [-0.05, 0) is 26.7 Å². The fraction of sp³-hybridized carbons (Fsp3) is 0.917. The van der Waals surface area contributed by atoms with E-state index >= 15 is 0 Å². The van der Waals surface area contributed by atoms with E-state index in [-0.39, 0.29) is 11.5 Å². The summed E-state index contributed by atoms with van der Waals surface area (Å²) in [6.45, 7) is 14.3. The molecule has 1 atom stereocenters. The highest BCUT2D eigenvalue weighted by atomic mass is 16.1. The molecule has 0 fully saturated rings. The van der Waals surface area contributed by atoms with Crippen molar-refractivity contribution in [3.8, 4) is 0 Å². The van der Waals surface area contributed by atoms with Crippen LogP contribution in [0.4, 0.5) is 0 Å². The molecule has 0 aromatic carbocycles. The van der Waals surface area contributed by atoms with Gasteiger partial charge in [0, 0.05) is 12.0 Å². The molecular formula is C12H25NO. The number of carbonyl (C=O) groups is 1. The van der Waals surface area contributed by atoms with Crippen molar-refractivity contribution in [1.29, 1.82) is 0 Å². The van der Waals surface area contributed by atoms with Crippen LogP contribution in [0, 0.1) is 11.8 Å². The first-order valence-corrected chi connectivity index (χ1v) is 5.53. The van der Waals surface area contributed by atoms with Gasteiger partial charge in [-0.15, -0.1) is 0 Å². The summed E-state index contributed by atoms with van der Waals surface area (Å²) in [5, 5.41) is 3.39. The summed E-state index contributed by atoms with van der Waals surface area (Å²) >= 11 is 0. The Hall–Kier alpha value is -0.370. The third-order valence-corrected chi connectivity index (χ3v) is 2.78. The number of carbonyl (C=O) groups excluding carboxylic acids is 1. The number of hydrogen-bond acceptors (Lipinski definition) is 2. The van der Waals surface area contributed by atoms with Crippen LogP contribution in [0.5, 0.6) is 0 Å². The molecule has 0 radical (unpaired) electrons. The Balaban J connectivity index is 4.80. The number of ketones is 1. The lowest BCUT2D eigenvalue weighted by molar-refractivity contribution is -0.129. The maximum atomic E-state index is 12.1. The predicted octanol–water partition coefficient (Wildman–Crippen LogP) is 2.62. The molecular weight excluding hydrogens is 174 g/mol. The zero-order valence-corrected chi connectivity index (χ0v) is 10.6. The SMILES string of the molecule is CC(C)NC(C)(C(=O)C(C)C)C(C)C. The van der Waals surface area contributed by atoms with E-state index < -0.39 is 0 Å². The Labute approximate surface area is 88.5 Å². The van der Waals surface area contributed by atoms with Crippen LogP contribution in [-0.2, 0) is 4.79 Å². The highest BCUT2D eigenvalue weighted by Crippen LogP contribution is 2.22. The van der Waals surface area contributed by atoms with E-state index in [4.69, 9.17) is 0 Å². The molecule has 0 aliphatic carbocycles. The largest absolute Gasteiger partial charge is 0.303 e. The van der Waals surface area contributed by atoms with Crippen LogP contribution < -0.4 is 5.32 Å². The molecule has 1 unspecified atom stereocenters. The van der Waals surface area contributed by atoms with Gasteiger partial charge in [-0.3, -0.25) is 4.79 Å². The number of nitrogens with one attached hydrogen (secondary N) is 1. The molecule has 0 bridgehead atoms. The van der Waals surface area contributed by atoms with E-state index in [9.17, 15) is 4.79 Å².